The third kappa shape index (κ3) is 5.36. The molecule has 0 atom stereocenters. The van der Waals surface area contributed by atoms with Gasteiger partial charge in [-0.1, -0.05) is 48.5 Å². The third-order valence-electron chi connectivity index (χ3n) is 9.85. The van der Waals surface area contributed by atoms with Crippen LogP contribution in [0.25, 0.3) is 11.1 Å². The fourth-order valence-electron chi connectivity index (χ4n) is 7.94. The Morgan fingerprint density at radius 3 is 2.05 bits per heavy atom. The standard InChI is InChI=1S/C34H36F3NO4/c1-32(2,31(40)41)27-5-3-4-26(15-27)25-8-6-21(7-9-25)19-38(20-28-10-11-29(42-28)34(35,36)37)30(39)33-16-22-12-23(17-33)14-24(13-22)18-33/h3-11,15,22-24H,12-14,16-20H2,1-2H3,(H,40,41). The molecule has 2 aromatic carbocycles. The monoisotopic (exact) mass is 579 g/mol. The summed E-state index contributed by atoms with van der Waals surface area (Å²) in [5.74, 6) is -0.139. The molecule has 4 aliphatic rings. The molecule has 1 amide bonds. The molecule has 7 rings (SSSR count). The number of carboxylic acids is 1. The molecule has 1 aromatic heterocycles. The predicted octanol–water partition coefficient (Wildman–Crippen LogP) is 8.07. The number of furan rings is 1. The van der Waals surface area contributed by atoms with Gasteiger partial charge in [0.2, 0.25) is 11.7 Å². The molecular weight excluding hydrogens is 543 g/mol. The van der Waals surface area contributed by atoms with Crippen LogP contribution < -0.4 is 0 Å². The van der Waals surface area contributed by atoms with Crippen molar-refractivity contribution >= 4 is 11.9 Å². The Kier molecular flexibility index (Phi) is 7.02. The second kappa shape index (κ2) is 10.3. The minimum Gasteiger partial charge on any atom is -0.481 e. The normalized spacial score (nSPS) is 25.0. The summed E-state index contributed by atoms with van der Waals surface area (Å²) >= 11 is 0. The first-order chi connectivity index (χ1) is 19.8. The largest absolute Gasteiger partial charge is 0.481 e. The van der Waals surface area contributed by atoms with Gasteiger partial charge in [0.25, 0.3) is 0 Å². The molecule has 4 bridgehead atoms. The summed E-state index contributed by atoms with van der Waals surface area (Å²) in [6.45, 7) is 3.58. The first-order valence-electron chi connectivity index (χ1n) is 14.7. The van der Waals surface area contributed by atoms with Crippen molar-refractivity contribution in [3.8, 4) is 11.1 Å². The number of hydrogen-bond acceptors (Lipinski definition) is 3. The molecule has 4 aliphatic carbocycles. The molecule has 8 heteroatoms. The van der Waals surface area contributed by atoms with E-state index < -0.39 is 28.7 Å². The first-order valence-corrected chi connectivity index (χ1v) is 14.7. The number of nitrogens with zero attached hydrogens (tertiary/aromatic N) is 1. The highest BCUT2D eigenvalue weighted by Gasteiger charge is 2.55. The third-order valence-corrected chi connectivity index (χ3v) is 9.85. The van der Waals surface area contributed by atoms with E-state index in [0.29, 0.717) is 23.3 Å². The molecule has 3 aromatic rings. The Morgan fingerprint density at radius 1 is 0.881 bits per heavy atom. The maximum atomic E-state index is 14.3. The van der Waals surface area contributed by atoms with Crippen LogP contribution in [0.5, 0.6) is 0 Å². The highest BCUT2D eigenvalue weighted by atomic mass is 19.4. The van der Waals surface area contributed by atoms with Gasteiger partial charge in [0.05, 0.1) is 17.4 Å². The lowest BCUT2D eigenvalue weighted by atomic mass is 9.49. The molecule has 1 N–H and O–H groups in total. The van der Waals surface area contributed by atoms with Gasteiger partial charge in [-0.2, -0.15) is 13.2 Å². The molecule has 4 saturated carbocycles. The number of hydrogen-bond donors (Lipinski definition) is 1. The van der Waals surface area contributed by atoms with Crippen molar-refractivity contribution in [2.24, 2.45) is 23.2 Å². The average Bonchev–Trinajstić information content (AvgIpc) is 3.41. The first kappa shape index (κ1) is 28.6. The van der Waals surface area contributed by atoms with Crippen molar-refractivity contribution in [3.63, 3.8) is 0 Å². The zero-order valence-electron chi connectivity index (χ0n) is 23.9. The van der Waals surface area contributed by atoms with Crippen molar-refractivity contribution in [2.45, 2.75) is 77.1 Å². The molecule has 0 unspecified atom stereocenters. The number of amides is 1. The smallest absolute Gasteiger partial charge is 0.449 e. The number of carboxylic acid groups (broad SMARTS) is 1. The maximum Gasteiger partial charge on any atom is 0.449 e. The summed E-state index contributed by atoms with van der Waals surface area (Å²) in [6.07, 6.45) is 1.57. The summed E-state index contributed by atoms with van der Waals surface area (Å²) in [5, 5.41) is 9.64. The molecule has 0 radical (unpaired) electrons. The van der Waals surface area contributed by atoms with E-state index in [1.807, 2.05) is 42.5 Å². The Labute approximate surface area is 243 Å². The van der Waals surface area contributed by atoms with Gasteiger partial charge < -0.3 is 14.4 Å². The van der Waals surface area contributed by atoms with E-state index >= 15 is 0 Å². The number of aliphatic carboxylic acids is 1. The van der Waals surface area contributed by atoms with Gasteiger partial charge in [-0.25, -0.2) is 0 Å². The SMILES string of the molecule is CC(C)(C(=O)O)c1cccc(-c2ccc(CN(Cc3ccc(C(F)(F)F)o3)C(=O)C34CC5CC(CC(C5)C3)C4)cc2)c1. The van der Waals surface area contributed by atoms with Crippen molar-refractivity contribution < 1.29 is 32.3 Å². The van der Waals surface area contributed by atoms with Crippen molar-refractivity contribution in [3.05, 3.63) is 83.3 Å². The summed E-state index contributed by atoms with van der Waals surface area (Å²) in [5.41, 5.74) is 1.87. The zero-order chi connectivity index (χ0) is 29.9. The second-order valence-corrected chi connectivity index (χ2v) is 13.3. The highest BCUT2D eigenvalue weighted by Crippen LogP contribution is 2.60. The predicted molar refractivity (Wildman–Crippen MR) is 151 cm³/mol. The van der Waals surface area contributed by atoms with Gasteiger partial charge >= 0.3 is 12.1 Å². The van der Waals surface area contributed by atoms with Crippen LogP contribution in [0.4, 0.5) is 13.2 Å². The van der Waals surface area contributed by atoms with Crippen LogP contribution in [0.15, 0.2) is 65.1 Å². The Bertz CT molecular complexity index is 1450. The van der Waals surface area contributed by atoms with E-state index in [4.69, 9.17) is 4.42 Å². The summed E-state index contributed by atoms with van der Waals surface area (Å²) in [7, 11) is 0. The van der Waals surface area contributed by atoms with Crippen LogP contribution in [0.2, 0.25) is 0 Å². The lowest BCUT2D eigenvalue weighted by Crippen LogP contribution is -2.54. The van der Waals surface area contributed by atoms with Gasteiger partial charge in [0, 0.05) is 6.54 Å². The molecule has 0 aliphatic heterocycles. The molecular formula is C34H36F3NO4. The van der Waals surface area contributed by atoms with E-state index in [0.717, 1.165) is 42.0 Å². The molecule has 0 spiro atoms. The van der Waals surface area contributed by atoms with Crippen molar-refractivity contribution in [2.75, 3.05) is 0 Å². The van der Waals surface area contributed by atoms with Gasteiger partial charge in [-0.15, -0.1) is 0 Å². The molecule has 0 saturated heterocycles. The van der Waals surface area contributed by atoms with Crippen LogP contribution in [0.1, 0.15) is 75.0 Å². The van der Waals surface area contributed by atoms with Crippen LogP contribution >= 0.6 is 0 Å². The number of carbonyl (C=O) groups excluding carboxylic acids is 1. The number of benzene rings is 2. The Hall–Kier alpha value is -3.55. The summed E-state index contributed by atoms with van der Waals surface area (Å²) < 4.78 is 44.9. The molecule has 5 nitrogen and oxygen atoms in total. The van der Waals surface area contributed by atoms with Gasteiger partial charge in [-0.3, -0.25) is 9.59 Å². The molecule has 222 valence electrons. The van der Waals surface area contributed by atoms with Crippen molar-refractivity contribution in [1.29, 1.82) is 0 Å². The Balaban J connectivity index is 1.26. The van der Waals surface area contributed by atoms with E-state index in [2.05, 4.69) is 0 Å². The van der Waals surface area contributed by atoms with Crippen LogP contribution in [0, 0.1) is 23.2 Å². The van der Waals surface area contributed by atoms with Crippen LogP contribution in [-0.2, 0) is 34.3 Å². The number of rotatable bonds is 8. The Morgan fingerprint density at radius 2 is 1.50 bits per heavy atom. The highest BCUT2D eigenvalue weighted by molar-refractivity contribution is 5.83. The fraction of sp³-hybridized carbons (Fsp3) is 0.471. The minimum atomic E-state index is -4.58. The van der Waals surface area contributed by atoms with E-state index in [-0.39, 0.29) is 24.8 Å². The number of carbonyl (C=O) groups is 2. The van der Waals surface area contributed by atoms with E-state index in [1.165, 1.54) is 25.3 Å². The lowest BCUT2D eigenvalue weighted by molar-refractivity contribution is -0.160. The van der Waals surface area contributed by atoms with Crippen LogP contribution in [0.3, 0.4) is 0 Å². The van der Waals surface area contributed by atoms with Gasteiger partial charge in [0.15, 0.2) is 0 Å². The second-order valence-electron chi connectivity index (χ2n) is 13.3. The fourth-order valence-corrected chi connectivity index (χ4v) is 7.94. The number of alkyl halides is 3. The van der Waals surface area contributed by atoms with E-state index in [1.54, 1.807) is 24.8 Å². The van der Waals surface area contributed by atoms with Crippen molar-refractivity contribution in [1.82, 2.24) is 4.90 Å². The average molecular weight is 580 g/mol. The lowest BCUT2D eigenvalue weighted by Gasteiger charge is -2.56. The summed E-state index contributed by atoms with van der Waals surface area (Å²) in [6, 6.07) is 17.4. The van der Waals surface area contributed by atoms with Crippen LogP contribution in [-0.4, -0.2) is 21.9 Å². The van der Waals surface area contributed by atoms with E-state index in [9.17, 15) is 27.9 Å². The van der Waals surface area contributed by atoms with Gasteiger partial charge in [0.1, 0.15) is 5.76 Å². The topological polar surface area (TPSA) is 70.8 Å². The minimum absolute atomic E-state index is 0.0231. The molecule has 42 heavy (non-hydrogen) atoms. The van der Waals surface area contributed by atoms with Gasteiger partial charge in [-0.05, 0) is 105 Å². The maximum absolute atomic E-state index is 14.3. The molecule has 4 fully saturated rings. The summed E-state index contributed by atoms with van der Waals surface area (Å²) in [4.78, 5) is 27.7. The molecule has 1 heterocycles. The quantitative estimate of drug-likeness (QED) is 0.293. The zero-order valence-corrected chi connectivity index (χ0v) is 23.9. The number of halogens is 3.